The quantitative estimate of drug-likeness (QED) is 0.322. The first-order valence-corrected chi connectivity index (χ1v) is 11.5. The fourth-order valence-corrected chi connectivity index (χ4v) is 3.29. The maximum atomic E-state index is 4.06. The number of hydrogen-bond donors (Lipinski definition) is 0. The first-order valence-electron chi connectivity index (χ1n) is 10.5. The summed E-state index contributed by atoms with van der Waals surface area (Å²) in [6.45, 7) is 8.87. The first-order chi connectivity index (χ1) is 12.1. The Hall–Kier alpha value is 0.500. The van der Waals surface area contributed by atoms with E-state index in [-0.39, 0.29) is 0 Å². The predicted molar refractivity (Wildman–Crippen MR) is 110 cm³/mol. The van der Waals surface area contributed by atoms with Crippen molar-refractivity contribution in [2.75, 3.05) is 14.1 Å². The summed E-state index contributed by atoms with van der Waals surface area (Å²) in [6, 6.07) is 0.582. The summed E-state index contributed by atoms with van der Waals surface area (Å²) in [7, 11) is 3.50. The molecule has 0 aromatic carbocycles. The summed E-state index contributed by atoms with van der Waals surface area (Å²) in [4.78, 5) is 0. The topological polar surface area (TPSA) is 26.5 Å². The number of rotatable bonds is 4. The van der Waals surface area contributed by atoms with E-state index in [9.17, 15) is 0 Å². The van der Waals surface area contributed by atoms with Crippen molar-refractivity contribution in [1.82, 2.24) is 0 Å². The molecule has 0 aromatic rings. The van der Waals surface area contributed by atoms with Crippen LogP contribution in [0.15, 0.2) is 3.34 Å². The van der Waals surface area contributed by atoms with E-state index in [1.165, 1.54) is 70.6 Å². The molecule has 25 heavy (non-hydrogen) atoms. The van der Waals surface area contributed by atoms with Gasteiger partial charge in [-0.2, -0.15) is 39.8 Å². The predicted octanol–water partition coefficient (Wildman–Crippen LogP) is 7.72. The third kappa shape index (κ3) is 20.7. The van der Waals surface area contributed by atoms with Crippen molar-refractivity contribution in [2.45, 2.75) is 104 Å². The van der Waals surface area contributed by atoms with Gasteiger partial charge in [-0.25, -0.2) is 0 Å². The van der Waals surface area contributed by atoms with Gasteiger partial charge in [-0.3, -0.25) is 0 Å². The van der Waals surface area contributed by atoms with Crippen molar-refractivity contribution < 1.29 is 20.9 Å². The number of hydrogen-bond acceptors (Lipinski definition) is 1. The van der Waals surface area contributed by atoms with E-state index in [4.69, 9.17) is 0 Å². The van der Waals surface area contributed by atoms with Gasteiger partial charge in [0, 0.05) is 0 Å². The Morgan fingerprint density at radius 3 is 1.32 bits per heavy atom. The standard InChI is InChI=1S/2C8H15.C4H9N.C2H6N.Nb/c2*1-2-8-6-4-3-5-7-8;1-3-4(2)5;1-3-2;/h2*3,8H,2,4-7H2,1H3;4H,3H2,1-2H3;1-2H3;/q2*-1;;-1;. The molecule has 0 heterocycles. The van der Waals surface area contributed by atoms with Crippen molar-refractivity contribution >= 4 is 0 Å². The summed E-state index contributed by atoms with van der Waals surface area (Å²) in [5, 5.41) is 3.50. The van der Waals surface area contributed by atoms with E-state index in [2.05, 4.69) is 49.2 Å². The molecular weight excluding hydrogens is 385 g/mol. The molecule has 151 valence electrons. The van der Waals surface area contributed by atoms with Gasteiger partial charge in [0.2, 0.25) is 0 Å². The molecule has 0 bridgehead atoms. The molecule has 2 rings (SSSR count). The van der Waals surface area contributed by atoms with Crippen molar-refractivity contribution in [2.24, 2.45) is 15.2 Å². The number of nitrogens with zero attached hydrogens (tertiary/aromatic N) is 2. The normalized spacial score (nSPS) is 19.1. The van der Waals surface area contributed by atoms with Crippen LogP contribution in [0.5, 0.6) is 0 Å². The van der Waals surface area contributed by atoms with Crippen LogP contribution in [0, 0.1) is 24.7 Å². The van der Waals surface area contributed by atoms with Crippen molar-refractivity contribution in [3.63, 3.8) is 0 Å². The van der Waals surface area contributed by atoms with Crippen molar-refractivity contribution in [1.29, 1.82) is 0 Å². The van der Waals surface area contributed by atoms with E-state index in [0.29, 0.717) is 6.04 Å². The van der Waals surface area contributed by atoms with Gasteiger partial charge in [0.15, 0.2) is 0 Å². The minimum absolute atomic E-state index is 0.582. The molecule has 0 saturated heterocycles. The van der Waals surface area contributed by atoms with Gasteiger partial charge in [-0.05, 0) is 11.8 Å². The van der Waals surface area contributed by atoms with Gasteiger partial charge in [0.1, 0.15) is 0 Å². The monoisotopic (exact) mass is 430 g/mol. The first kappa shape index (κ1) is 27.7. The molecule has 2 fully saturated rings. The molecule has 2 saturated carbocycles. The Bertz CT molecular complexity index is 228. The molecule has 2 aliphatic carbocycles. The van der Waals surface area contributed by atoms with Gasteiger partial charge < -0.3 is 18.2 Å². The Morgan fingerprint density at radius 2 is 1.20 bits per heavy atom. The Labute approximate surface area is 172 Å². The molecule has 0 spiro atoms. The smallest absolute Gasteiger partial charge is 0.0465 e. The molecule has 0 radical (unpaired) electrons. The zero-order chi connectivity index (χ0) is 19.3. The van der Waals surface area contributed by atoms with Crippen LogP contribution in [-0.2, 0) is 20.9 Å². The van der Waals surface area contributed by atoms with Crippen LogP contribution in [0.2, 0.25) is 0 Å². The van der Waals surface area contributed by atoms with E-state index < -0.39 is 0 Å². The Balaban J connectivity index is 0. The van der Waals surface area contributed by atoms with Crippen LogP contribution in [0.4, 0.5) is 0 Å². The molecule has 1 atom stereocenters. The maximum Gasteiger partial charge on any atom is -0.0465 e. The van der Waals surface area contributed by atoms with Crippen LogP contribution in [-0.4, -0.2) is 20.1 Å². The fourth-order valence-electron chi connectivity index (χ4n) is 2.89. The summed E-state index contributed by atoms with van der Waals surface area (Å²) in [6.07, 6.45) is 20.1. The molecule has 2 aliphatic rings. The summed E-state index contributed by atoms with van der Waals surface area (Å²) in [5.41, 5.74) is 0. The van der Waals surface area contributed by atoms with Crippen LogP contribution >= 0.6 is 0 Å². The van der Waals surface area contributed by atoms with Crippen LogP contribution < -0.4 is 0 Å². The second kappa shape index (κ2) is 22.5. The summed E-state index contributed by atoms with van der Waals surface area (Å²) < 4.78 is 4.06. The van der Waals surface area contributed by atoms with Gasteiger partial charge in [0.05, 0.1) is 0 Å². The largest absolute Gasteiger partial charge is 0.668 e. The minimum atomic E-state index is 0.582. The Kier molecular flexibility index (Phi) is 25.0. The van der Waals surface area contributed by atoms with E-state index in [1.54, 1.807) is 35.0 Å². The van der Waals surface area contributed by atoms with Gasteiger partial charge in [-0.15, -0.1) is 0 Å². The second-order valence-electron chi connectivity index (χ2n) is 7.26. The van der Waals surface area contributed by atoms with Crippen LogP contribution in [0.1, 0.15) is 98.3 Å². The summed E-state index contributed by atoms with van der Waals surface area (Å²) >= 11 is 1.55. The van der Waals surface area contributed by atoms with Crippen molar-refractivity contribution in [3.8, 4) is 0 Å². The zero-order valence-electron chi connectivity index (χ0n) is 18.0. The molecule has 0 N–H and O–H groups in total. The van der Waals surface area contributed by atoms with Crippen LogP contribution in [0.25, 0.3) is 5.32 Å². The van der Waals surface area contributed by atoms with Gasteiger partial charge in [-0.1, -0.05) is 52.4 Å². The zero-order valence-corrected chi connectivity index (χ0v) is 20.2. The SMILES string of the molecule is CCC(C)[N]=[Nb].CCC1CC[CH-]CC1.CCC1CC[CH-]CC1.C[N-]C. The second-order valence-corrected chi connectivity index (χ2v) is 7.82. The molecule has 3 heteroatoms. The minimum Gasteiger partial charge on any atom is -0.668 e. The molecule has 0 aliphatic heterocycles. The van der Waals surface area contributed by atoms with Crippen LogP contribution in [0.3, 0.4) is 0 Å². The maximum absolute atomic E-state index is 4.06. The molecule has 0 aromatic heterocycles. The third-order valence-corrected chi connectivity index (χ3v) is 6.03. The van der Waals surface area contributed by atoms with E-state index in [0.717, 1.165) is 11.8 Å². The molecule has 2 nitrogen and oxygen atoms in total. The van der Waals surface area contributed by atoms with Gasteiger partial charge >= 0.3 is 50.5 Å². The average molecular weight is 431 g/mol. The molecule has 0 amide bonds. The molecular formula is C22H45N2Nb-3. The van der Waals surface area contributed by atoms with E-state index in [1.807, 2.05) is 0 Å². The average Bonchev–Trinajstić information content (AvgIpc) is 2.70. The van der Waals surface area contributed by atoms with E-state index >= 15 is 0 Å². The fraction of sp³-hybridized carbons (Fsp3) is 0.909. The van der Waals surface area contributed by atoms with Gasteiger partial charge in [0.25, 0.3) is 0 Å². The summed E-state index contributed by atoms with van der Waals surface area (Å²) in [5.74, 6) is 2.11. The van der Waals surface area contributed by atoms with Crippen molar-refractivity contribution in [3.05, 3.63) is 18.2 Å². The third-order valence-electron chi connectivity index (χ3n) is 5.06. The Morgan fingerprint density at radius 1 is 0.880 bits per heavy atom. The molecule has 1 unspecified atom stereocenters.